The molecule has 1 aromatic heterocycles. The first-order chi connectivity index (χ1) is 8.20. The Bertz CT molecular complexity index is 513. The van der Waals surface area contributed by atoms with Crippen LogP contribution in [0.15, 0.2) is 34.1 Å². The molecule has 2 rings (SSSR count). The van der Waals surface area contributed by atoms with E-state index in [4.69, 9.17) is 4.74 Å². The Morgan fingerprint density at radius 3 is 2.82 bits per heavy atom. The van der Waals surface area contributed by atoms with Crippen molar-refractivity contribution in [3.63, 3.8) is 0 Å². The number of benzene rings is 1. The standard InChI is InChI=1S/C12H12BrNO2S/c1-16-11-3-2-8(6-10(11)15)14-7-12-9(13)4-5-17-12/h2-6,14-15H,7H2,1H3. The largest absolute Gasteiger partial charge is 0.504 e. The van der Waals surface area contributed by atoms with Crippen molar-refractivity contribution in [2.24, 2.45) is 0 Å². The predicted octanol–water partition coefficient (Wildman–Crippen LogP) is 3.84. The predicted molar refractivity (Wildman–Crippen MR) is 74.0 cm³/mol. The fourth-order valence-corrected chi connectivity index (χ4v) is 2.87. The van der Waals surface area contributed by atoms with Gasteiger partial charge in [-0.1, -0.05) is 0 Å². The van der Waals surface area contributed by atoms with Gasteiger partial charge in [-0.2, -0.15) is 0 Å². The van der Waals surface area contributed by atoms with E-state index in [1.807, 2.05) is 17.5 Å². The number of thiophene rings is 1. The molecule has 0 radical (unpaired) electrons. The number of phenolic OH excluding ortho intramolecular Hbond substituents is 1. The number of halogens is 1. The van der Waals surface area contributed by atoms with Crippen LogP contribution in [0.5, 0.6) is 11.5 Å². The van der Waals surface area contributed by atoms with Crippen LogP contribution in [0.25, 0.3) is 0 Å². The zero-order chi connectivity index (χ0) is 12.3. The summed E-state index contributed by atoms with van der Waals surface area (Å²) in [5, 5.41) is 14.9. The van der Waals surface area contributed by atoms with E-state index in [1.165, 1.54) is 12.0 Å². The maximum Gasteiger partial charge on any atom is 0.160 e. The first kappa shape index (κ1) is 12.3. The van der Waals surface area contributed by atoms with Gasteiger partial charge in [0.1, 0.15) is 0 Å². The second-order valence-electron chi connectivity index (χ2n) is 3.43. The van der Waals surface area contributed by atoms with E-state index >= 15 is 0 Å². The van der Waals surface area contributed by atoms with Crippen LogP contribution in [0.1, 0.15) is 4.88 Å². The number of nitrogens with one attached hydrogen (secondary N) is 1. The first-order valence-electron chi connectivity index (χ1n) is 5.03. The van der Waals surface area contributed by atoms with E-state index in [2.05, 4.69) is 21.2 Å². The van der Waals surface area contributed by atoms with E-state index in [1.54, 1.807) is 23.5 Å². The Hall–Kier alpha value is -1.20. The highest BCUT2D eigenvalue weighted by Gasteiger charge is 2.04. The van der Waals surface area contributed by atoms with E-state index in [-0.39, 0.29) is 5.75 Å². The van der Waals surface area contributed by atoms with E-state index < -0.39 is 0 Å². The second kappa shape index (κ2) is 5.42. The molecule has 1 heterocycles. The number of aromatic hydroxyl groups is 1. The van der Waals surface area contributed by atoms with Crippen molar-refractivity contribution in [2.75, 3.05) is 12.4 Å². The Labute approximate surface area is 112 Å². The molecule has 5 heteroatoms. The van der Waals surface area contributed by atoms with Gasteiger partial charge >= 0.3 is 0 Å². The maximum atomic E-state index is 9.63. The Morgan fingerprint density at radius 2 is 2.24 bits per heavy atom. The van der Waals surface area contributed by atoms with Crippen molar-refractivity contribution in [1.82, 2.24) is 0 Å². The van der Waals surface area contributed by atoms with Crippen LogP contribution in [-0.4, -0.2) is 12.2 Å². The lowest BCUT2D eigenvalue weighted by Gasteiger charge is -2.08. The van der Waals surface area contributed by atoms with Gasteiger partial charge in [0.25, 0.3) is 0 Å². The molecule has 3 nitrogen and oxygen atoms in total. The summed E-state index contributed by atoms with van der Waals surface area (Å²) < 4.78 is 6.09. The molecule has 2 N–H and O–H groups in total. The zero-order valence-electron chi connectivity index (χ0n) is 9.24. The molecular formula is C12H12BrNO2S. The molecular weight excluding hydrogens is 302 g/mol. The van der Waals surface area contributed by atoms with Crippen molar-refractivity contribution in [3.8, 4) is 11.5 Å². The third-order valence-electron chi connectivity index (χ3n) is 2.32. The number of anilines is 1. The molecule has 0 atom stereocenters. The number of rotatable bonds is 4. The average molecular weight is 314 g/mol. The SMILES string of the molecule is COc1ccc(NCc2sccc2Br)cc1O. The molecule has 0 amide bonds. The monoisotopic (exact) mass is 313 g/mol. The van der Waals surface area contributed by atoms with Gasteiger partial charge in [-0.15, -0.1) is 11.3 Å². The van der Waals surface area contributed by atoms with Gasteiger partial charge < -0.3 is 15.2 Å². The smallest absolute Gasteiger partial charge is 0.160 e. The summed E-state index contributed by atoms with van der Waals surface area (Å²) in [5.74, 6) is 0.621. The number of ether oxygens (including phenoxy) is 1. The molecule has 0 aliphatic carbocycles. The second-order valence-corrected chi connectivity index (χ2v) is 5.29. The Balaban J connectivity index is 2.05. The number of hydrogen-bond donors (Lipinski definition) is 2. The highest BCUT2D eigenvalue weighted by molar-refractivity contribution is 9.10. The fraction of sp³-hybridized carbons (Fsp3) is 0.167. The molecule has 0 saturated heterocycles. The zero-order valence-corrected chi connectivity index (χ0v) is 11.6. The maximum absolute atomic E-state index is 9.63. The fourth-order valence-electron chi connectivity index (χ4n) is 1.43. The molecule has 0 saturated carbocycles. The normalized spacial score (nSPS) is 10.2. The van der Waals surface area contributed by atoms with E-state index in [0.29, 0.717) is 5.75 Å². The van der Waals surface area contributed by atoms with Gasteiger partial charge in [0, 0.05) is 21.1 Å². The highest BCUT2D eigenvalue weighted by Crippen LogP contribution is 2.29. The van der Waals surface area contributed by atoms with Crippen LogP contribution < -0.4 is 10.1 Å². The summed E-state index contributed by atoms with van der Waals surface area (Å²) in [6, 6.07) is 7.29. The molecule has 0 unspecified atom stereocenters. The van der Waals surface area contributed by atoms with Gasteiger partial charge in [0.05, 0.1) is 13.7 Å². The average Bonchev–Trinajstić information content (AvgIpc) is 2.72. The van der Waals surface area contributed by atoms with Crippen molar-refractivity contribution in [2.45, 2.75) is 6.54 Å². The van der Waals surface area contributed by atoms with Gasteiger partial charge in [-0.25, -0.2) is 0 Å². The number of phenols is 1. The van der Waals surface area contributed by atoms with Crippen LogP contribution in [0.3, 0.4) is 0 Å². The summed E-state index contributed by atoms with van der Waals surface area (Å²) in [6.45, 7) is 0.726. The molecule has 1 aromatic carbocycles. The van der Waals surface area contributed by atoms with Gasteiger partial charge in [0.2, 0.25) is 0 Å². The molecule has 0 bridgehead atoms. The summed E-state index contributed by atoms with van der Waals surface area (Å²) in [6.07, 6.45) is 0. The van der Waals surface area contributed by atoms with Gasteiger partial charge in [-0.3, -0.25) is 0 Å². The summed E-state index contributed by atoms with van der Waals surface area (Å²) in [4.78, 5) is 1.22. The molecule has 90 valence electrons. The van der Waals surface area contributed by atoms with Crippen molar-refractivity contribution in [3.05, 3.63) is 39.0 Å². The summed E-state index contributed by atoms with van der Waals surface area (Å²) in [7, 11) is 1.53. The molecule has 17 heavy (non-hydrogen) atoms. The van der Waals surface area contributed by atoms with Gasteiger partial charge in [0.15, 0.2) is 11.5 Å². The van der Waals surface area contributed by atoms with Crippen LogP contribution in [-0.2, 0) is 6.54 Å². The van der Waals surface area contributed by atoms with E-state index in [0.717, 1.165) is 16.7 Å². The third-order valence-corrected chi connectivity index (χ3v) is 4.25. The lowest BCUT2D eigenvalue weighted by Crippen LogP contribution is -1.97. The third kappa shape index (κ3) is 2.92. The van der Waals surface area contributed by atoms with Gasteiger partial charge in [-0.05, 0) is 39.5 Å². The lowest BCUT2D eigenvalue weighted by atomic mass is 10.2. The Kier molecular flexibility index (Phi) is 3.91. The first-order valence-corrected chi connectivity index (χ1v) is 6.70. The topological polar surface area (TPSA) is 41.5 Å². The van der Waals surface area contributed by atoms with Crippen LogP contribution in [0, 0.1) is 0 Å². The Morgan fingerprint density at radius 1 is 1.41 bits per heavy atom. The van der Waals surface area contributed by atoms with Crippen LogP contribution in [0.2, 0.25) is 0 Å². The number of hydrogen-bond acceptors (Lipinski definition) is 4. The molecule has 0 fully saturated rings. The van der Waals surface area contributed by atoms with Crippen molar-refractivity contribution < 1.29 is 9.84 Å². The van der Waals surface area contributed by atoms with Crippen molar-refractivity contribution >= 4 is 33.0 Å². The highest BCUT2D eigenvalue weighted by atomic mass is 79.9. The van der Waals surface area contributed by atoms with Crippen LogP contribution in [0.4, 0.5) is 5.69 Å². The minimum absolute atomic E-state index is 0.141. The quantitative estimate of drug-likeness (QED) is 0.901. The minimum Gasteiger partial charge on any atom is -0.504 e. The van der Waals surface area contributed by atoms with E-state index in [9.17, 15) is 5.11 Å². The number of methoxy groups -OCH3 is 1. The summed E-state index contributed by atoms with van der Waals surface area (Å²) >= 11 is 5.16. The minimum atomic E-state index is 0.141. The van der Waals surface area contributed by atoms with Crippen molar-refractivity contribution in [1.29, 1.82) is 0 Å². The van der Waals surface area contributed by atoms with Crippen LogP contribution >= 0.6 is 27.3 Å². The molecule has 2 aromatic rings. The molecule has 0 aliphatic rings. The lowest BCUT2D eigenvalue weighted by molar-refractivity contribution is 0.373. The molecule has 0 aliphatic heterocycles. The summed E-state index contributed by atoms with van der Waals surface area (Å²) in [5.41, 5.74) is 0.864. The molecule has 0 spiro atoms.